The van der Waals surface area contributed by atoms with Crippen LogP contribution >= 0.6 is 0 Å². The molecule has 1 amide bonds. The molecule has 0 spiro atoms. The molecule has 1 aliphatic rings. The molecule has 0 saturated heterocycles. The van der Waals surface area contributed by atoms with Gasteiger partial charge in [-0.05, 0) is 42.9 Å². The fourth-order valence-electron chi connectivity index (χ4n) is 1.91. The van der Waals surface area contributed by atoms with Gasteiger partial charge in [0.1, 0.15) is 0 Å². The smallest absolute Gasteiger partial charge is 0.251 e. The summed E-state index contributed by atoms with van der Waals surface area (Å²) < 4.78 is 23.0. The summed E-state index contributed by atoms with van der Waals surface area (Å²) in [5, 5.41) is 7.98. The minimum Gasteiger partial charge on any atom is -0.352 e. The van der Waals surface area contributed by atoms with Crippen molar-refractivity contribution in [3.05, 3.63) is 29.3 Å². The van der Waals surface area contributed by atoms with Crippen LogP contribution in [-0.4, -0.2) is 20.9 Å². The topological polar surface area (TPSA) is 89.3 Å². The first kappa shape index (κ1) is 14.0. The van der Waals surface area contributed by atoms with Crippen molar-refractivity contribution in [3.63, 3.8) is 0 Å². The summed E-state index contributed by atoms with van der Waals surface area (Å²) in [6.45, 7) is 2.50. The van der Waals surface area contributed by atoms with Crippen molar-refractivity contribution in [1.29, 1.82) is 0 Å². The van der Waals surface area contributed by atoms with Gasteiger partial charge in [-0.25, -0.2) is 13.6 Å². The molecule has 0 heterocycles. The van der Waals surface area contributed by atoms with Gasteiger partial charge >= 0.3 is 0 Å². The number of carbonyl (C=O) groups is 1. The zero-order valence-electron chi connectivity index (χ0n) is 10.8. The number of sulfonamides is 1. The highest BCUT2D eigenvalue weighted by Crippen LogP contribution is 2.27. The molecule has 19 heavy (non-hydrogen) atoms. The van der Waals surface area contributed by atoms with Crippen LogP contribution in [0.3, 0.4) is 0 Å². The maximum Gasteiger partial charge on any atom is 0.251 e. The molecule has 104 valence electrons. The molecular formula is C13H18N2O3S. The summed E-state index contributed by atoms with van der Waals surface area (Å²) in [5.41, 5.74) is 0.961. The van der Waals surface area contributed by atoms with Crippen LogP contribution in [0.15, 0.2) is 23.1 Å². The number of aryl methyl sites for hydroxylation is 1. The van der Waals surface area contributed by atoms with Gasteiger partial charge in [0.25, 0.3) is 5.91 Å². The van der Waals surface area contributed by atoms with Crippen LogP contribution in [0.5, 0.6) is 0 Å². The van der Waals surface area contributed by atoms with Crippen LogP contribution in [0.25, 0.3) is 0 Å². The van der Waals surface area contributed by atoms with E-state index in [-0.39, 0.29) is 10.8 Å². The van der Waals surface area contributed by atoms with Crippen molar-refractivity contribution in [1.82, 2.24) is 5.32 Å². The molecule has 1 fully saturated rings. The lowest BCUT2D eigenvalue weighted by atomic mass is 10.1. The van der Waals surface area contributed by atoms with E-state index in [2.05, 4.69) is 5.32 Å². The first-order chi connectivity index (χ1) is 8.91. The van der Waals surface area contributed by atoms with E-state index in [0.29, 0.717) is 30.0 Å². The Bertz CT molecular complexity index is 592. The van der Waals surface area contributed by atoms with E-state index in [1.54, 1.807) is 12.1 Å². The van der Waals surface area contributed by atoms with Crippen molar-refractivity contribution >= 4 is 15.9 Å². The molecule has 0 unspecified atom stereocenters. The summed E-state index contributed by atoms with van der Waals surface area (Å²) in [4.78, 5) is 11.9. The fourth-order valence-corrected chi connectivity index (χ4v) is 2.78. The van der Waals surface area contributed by atoms with E-state index in [1.165, 1.54) is 6.07 Å². The number of nitrogens with two attached hydrogens (primary N) is 1. The lowest BCUT2D eigenvalue weighted by Crippen LogP contribution is -2.26. The zero-order chi connectivity index (χ0) is 14.0. The average molecular weight is 282 g/mol. The van der Waals surface area contributed by atoms with Crippen LogP contribution in [0.2, 0.25) is 0 Å². The Kier molecular flexibility index (Phi) is 3.91. The minimum atomic E-state index is -3.80. The van der Waals surface area contributed by atoms with Crippen molar-refractivity contribution in [2.24, 2.45) is 11.1 Å². The van der Waals surface area contributed by atoms with Crippen molar-refractivity contribution < 1.29 is 13.2 Å². The Morgan fingerprint density at radius 2 is 2.11 bits per heavy atom. The molecular weight excluding hydrogens is 264 g/mol. The molecule has 1 aliphatic carbocycles. The molecule has 0 aromatic heterocycles. The number of amides is 1. The number of rotatable bonds is 5. The highest BCUT2D eigenvalue weighted by molar-refractivity contribution is 7.89. The van der Waals surface area contributed by atoms with E-state index in [4.69, 9.17) is 5.14 Å². The number of benzene rings is 1. The second-order valence-corrected chi connectivity index (χ2v) is 6.40. The van der Waals surface area contributed by atoms with E-state index in [1.807, 2.05) is 6.92 Å². The van der Waals surface area contributed by atoms with Gasteiger partial charge in [-0.2, -0.15) is 0 Å². The molecule has 6 heteroatoms. The molecule has 1 aromatic carbocycles. The Balaban J connectivity index is 2.23. The second-order valence-electron chi connectivity index (χ2n) is 4.87. The van der Waals surface area contributed by atoms with Crippen LogP contribution in [0, 0.1) is 5.92 Å². The molecule has 3 N–H and O–H groups in total. The fraction of sp³-hybridized carbons (Fsp3) is 0.462. The maximum absolute atomic E-state index is 11.9. The van der Waals surface area contributed by atoms with Crippen molar-refractivity contribution in [2.75, 3.05) is 6.54 Å². The molecule has 1 aromatic rings. The summed E-state index contributed by atoms with van der Waals surface area (Å²) >= 11 is 0. The van der Waals surface area contributed by atoms with Gasteiger partial charge in [0, 0.05) is 12.1 Å². The number of primary sulfonamides is 1. The Labute approximate surface area is 113 Å². The first-order valence-corrected chi connectivity index (χ1v) is 7.90. The normalized spacial score (nSPS) is 15.3. The predicted molar refractivity (Wildman–Crippen MR) is 72.3 cm³/mol. The zero-order valence-corrected chi connectivity index (χ0v) is 11.7. The van der Waals surface area contributed by atoms with Crippen LogP contribution in [0.4, 0.5) is 0 Å². The lowest BCUT2D eigenvalue weighted by Gasteiger charge is -2.09. The van der Waals surface area contributed by atoms with Crippen LogP contribution < -0.4 is 10.5 Å². The third-order valence-corrected chi connectivity index (χ3v) is 4.26. The third kappa shape index (κ3) is 3.54. The molecule has 5 nitrogen and oxygen atoms in total. The molecule has 2 rings (SSSR count). The molecule has 0 bridgehead atoms. The number of nitrogens with one attached hydrogen (secondary N) is 1. The predicted octanol–water partition coefficient (Wildman–Crippen LogP) is 1.04. The average Bonchev–Trinajstić information content (AvgIpc) is 3.18. The van der Waals surface area contributed by atoms with E-state index in [9.17, 15) is 13.2 Å². The van der Waals surface area contributed by atoms with Gasteiger partial charge in [0.2, 0.25) is 10.0 Å². The quantitative estimate of drug-likeness (QED) is 0.845. The van der Waals surface area contributed by atoms with Gasteiger partial charge in [0.15, 0.2) is 0 Å². The van der Waals surface area contributed by atoms with E-state index < -0.39 is 10.0 Å². The highest BCUT2D eigenvalue weighted by Gasteiger charge is 2.22. The van der Waals surface area contributed by atoms with Gasteiger partial charge in [-0.15, -0.1) is 0 Å². The lowest BCUT2D eigenvalue weighted by molar-refractivity contribution is 0.0951. The largest absolute Gasteiger partial charge is 0.352 e. The van der Waals surface area contributed by atoms with Crippen LogP contribution in [0.1, 0.15) is 35.7 Å². The molecule has 1 saturated carbocycles. The summed E-state index contributed by atoms with van der Waals surface area (Å²) in [7, 11) is -3.80. The van der Waals surface area contributed by atoms with Crippen molar-refractivity contribution in [2.45, 2.75) is 31.1 Å². The van der Waals surface area contributed by atoms with E-state index in [0.717, 1.165) is 12.8 Å². The Morgan fingerprint density at radius 3 is 2.63 bits per heavy atom. The minimum absolute atomic E-state index is 0.0362. The number of hydrogen-bond acceptors (Lipinski definition) is 3. The standard InChI is InChI=1S/C13H18N2O3S/c1-2-10-5-6-11(7-12(10)19(14,17)18)13(16)15-8-9-3-4-9/h5-7,9H,2-4,8H2,1H3,(H,15,16)(H2,14,17,18). The maximum atomic E-state index is 11.9. The number of carbonyl (C=O) groups excluding carboxylic acids is 1. The van der Waals surface area contributed by atoms with Gasteiger partial charge in [-0.1, -0.05) is 13.0 Å². The summed E-state index contributed by atoms with van der Waals surface area (Å²) in [6, 6.07) is 4.64. The summed E-state index contributed by atoms with van der Waals surface area (Å²) in [6.07, 6.45) is 2.85. The van der Waals surface area contributed by atoms with Gasteiger partial charge in [0.05, 0.1) is 4.90 Å². The Hall–Kier alpha value is -1.40. The van der Waals surface area contributed by atoms with Crippen LogP contribution in [-0.2, 0) is 16.4 Å². The Morgan fingerprint density at radius 1 is 1.42 bits per heavy atom. The molecule has 0 aliphatic heterocycles. The third-order valence-electron chi connectivity index (χ3n) is 3.26. The highest BCUT2D eigenvalue weighted by atomic mass is 32.2. The number of hydrogen-bond donors (Lipinski definition) is 2. The second kappa shape index (κ2) is 5.30. The monoisotopic (exact) mass is 282 g/mol. The summed E-state index contributed by atoms with van der Waals surface area (Å²) in [5.74, 6) is 0.330. The van der Waals surface area contributed by atoms with Gasteiger partial charge in [-0.3, -0.25) is 4.79 Å². The molecule has 0 atom stereocenters. The van der Waals surface area contributed by atoms with E-state index >= 15 is 0 Å². The molecule has 0 radical (unpaired) electrons. The first-order valence-electron chi connectivity index (χ1n) is 6.35. The van der Waals surface area contributed by atoms with Crippen molar-refractivity contribution in [3.8, 4) is 0 Å². The van der Waals surface area contributed by atoms with Gasteiger partial charge < -0.3 is 5.32 Å². The SMILES string of the molecule is CCc1ccc(C(=O)NCC2CC2)cc1S(N)(=O)=O.